The summed E-state index contributed by atoms with van der Waals surface area (Å²) < 4.78 is 6.06. The molecule has 1 aliphatic heterocycles. The van der Waals surface area contributed by atoms with Crippen LogP contribution in [0.3, 0.4) is 0 Å². The largest absolute Gasteiger partial charge is 0.456 e. The lowest BCUT2D eigenvalue weighted by molar-refractivity contribution is 0.0990. The summed E-state index contributed by atoms with van der Waals surface area (Å²) in [6.07, 6.45) is 1.80. The zero-order valence-corrected chi connectivity index (χ0v) is 14.3. The number of para-hydroxylation sites is 1. The summed E-state index contributed by atoms with van der Waals surface area (Å²) in [4.78, 5) is 26.0. The summed E-state index contributed by atoms with van der Waals surface area (Å²) in [5.74, 6) is 0.795. The molecule has 1 aliphatic carbocycles. The molecule has 3 aromatic rings. The first-order chi connectivity index (χ1) is 13.2. The Bertz CT molecular complexity index is 1130. The van der Waals surface area contributed by atoms with Gasteiger partial charge in [0.15, 0.2) is 11.6 Å². The number of hydrogen-bond acceptors (Lipinski definition) is 3. The van der Waals surface area contributed by atoms with Crippen LogP contribution >= 0.6 is 0 Å². The van der Waals surface area contributed by atoms with Crippen molar-refractivity contribution in [2.75, 3.05) is 0 Å². The van der Waals surface area contributed by atoms with E-state index in [-0.39, 0.29) is 17.1 Å². The van der Waals surface area contributed by atoms with Crippen LogP contribution < -0.4 is 4.74 Å². The monoisotopic (exact) mass is 350 g/mol. The number of allylic oxidation sites excluding steroid dienone is 3. The van der Waals surface area contributed by atoms with Gasteiger partial charge < -0.3 is 4.74 Å². The highest BCUT2D eigenvalue weighted by molar-refractivity contribution is 6.43. The molecule has 0 spiro atoms. The van der Waals surface area contributed by atoms with Crippen molar-refractivity contribution in [2.45, 2.75) is 0 Å². The number of ketones is 2. The third kappa shape index (κ3) is 2.36. The fourth-order valence-corrected chi connectivity index (χ4v) is 3.58. The SMILES string of the molecule is O=C1C(=C2C=C(c3ccccc3)Oc3ccccc32)C(=O)c2ccccc21. The van der Waals surface area contributed by atoms with E-state index in [1.54, 1.807) is 30.3 Å². The first-order valence-corrected chi connectivity index (χ1v) is 8.71. The molecule has 0 aromatic heterocycles. The first kappa shape index (κ1) is 15.5. The van der Waals surface area contributed by atoms with E-state index in [4.69, 9.17) is 4.74 Å². The zero-order chi connectivity index (χ0) is 18.4. The van der Waals surface area contributed by atoms with E-state index in [0.717, 1.165) is 11.1 Å². The maximum Gasteiger partial charge on any atom is 0.198 e. The lowest BCUT2D eigenvalue weighted by atomic mass is 9.93. The second kappa shape index (κ2) is 5.92. The number of hydrogen-bond donors (Lipinski definition) is 0. The summed E-state index contributed by atoms with van der Waals surface area (Å²) in [5.41, 5.74) is 3.39. The third-order valence-corrected chi connectivity index (χ3v) is 4.87. The van der Waals surface area contributed by atoms with Crippen molar-refractivity contribution in [2.24, 2.45) is 0 Å². The summed E-state index contributed by atoms with van der Waals surface area (Å²) >= 11 is 0. The van der Waals surface area contributed by atoms with E-state index in [2.05, 4.69) is 0 Å². The molecule has 3 aromatic carbocycles. The van der Waals surface area contributed by atoms with Gasteiger partial charge in [-0.25, -0.2) is 0 Å². The predicted molar refractivity (Wildman–Crippen MR) is 104 cm³/mol. The van der Waals surface area contributed by atoms with Gasteiger partial charge in [0, 0.05) is 27.8 Å². The van der Waals surface area contributed by atoms with E-state index in [1.165, 1.54) is 0 Å². The van der Waals surface area contributed by atoms with E-state index >= 15 is 0 Å². The molecule has 1 heterocycles. The van der Waals surface area contributed by atoms with Crippen molar-refractivity contribution >= 4 is 22.9 Å². The molecule has 0 atom stereocenters. The number of Topliss-reactive ketones (excluding diaryl/α,β-unsaturated/α-hetero) is 2. The molecule has 0 amide bonds. The lowest BCUT2D eigenvalue weighted by Gasteiger charge is -2.21. The Morgan fingerprint density at radius 2 is 1.15 bits per heavy atom. The van der Waals surface area contributed by atoms with Crippen molar-refractivity contribution in [3.63, 3.8) is 0 Å². The number of ether oxygens (including phenoxy) is 1. The second-order valence-corrected chi connectivity index (χ2v) is 6.47. The fourth-order valence-electron chi connectivity index (χ4n) is 3.58. The molecule has 0 radical (unpaired) electrons. The van der Waals surface area contributed by atoms with Gasteiger partial charge in [-0.05, 0) is 12.1 Å². The smallest absolute Gasteiger partial charge is 0.198 e. The molecular formula is C24H14O3. The van der Waals surface area contributed by atoms with Gasteiger partial charge in [-0.2, -0.15) is 0 Å². The van der Waals surface area contributed by atoms with Crippen LogP contribution in [-0.2, 0) is 0 Å². The molecule has 0 fully saturated rings. The van der Waals surface area contributed by atoms with Gasteiger partial charge in [0.05, 0.1) is 5.57 Å². The van der Waals surface area contributed by atoms with Gasteiger partial charge in [-0.3, -0.25) is 9.59 Å². The number of rotatable bonds is 1. The lowest BCUT2D eigenvalue weighted by Crippen LogP contribution is -2.10. The number of carbonyl (C=O) groups excluding carboxylic acids is 2. The molecule has 0 N–H and O–H groups in total. The Hall–Kier alpha value is -3.72. The van der Waals surface area contributed by atoms with Crippen LogP contribution in [0.5, 0.6) is 5.75 Å². The molecule has 3 heteroatoms. The van der Waals surface area contributed by atoms with Gasteiger partial charge in [0.2, 0.25) is 0 Å². The number of carbonyl (C=O) groups is 2. The van der Waals surface area contributed by atoms with Gasteiger partial charge >= 0.3 is 0 Å². The molecular weight excluding hydrogens is 336 g/mol. The highest BCUT2D eigenvalue weighted by Crippen LogP contribution is 2.41. The van der Waals surface area contributed by atoms with Crippen molar-refractivity contribution < 1.29 is 14.3 Å². The van der Waals surface area contributed by atoms with E-state index < -0.39 is 0 Å². The van der Waals surface area contributed by atoms with E-state index in [9.17, 15) is 9.59 Å². The predicted octanol–water partition coefficient (Wildman–Crippen LogP) is 4.95. The fraction of sp³-hybridized carbons (Fsp3) is 0. The minimum absolute atomic E-state index is 0.209. The Morgan fingerprint density at radius 1 is 0.593 bits per heavy atom. The molecule has 2 aliphatic rings. The van der Waals surface area contributed by atoms with Crippen molar-refractivity contribution in [1.29, 1.82) is 0 Å². The van der Waals surface area contributed by atoms with E-state index in [0.29, 0.717) is 28.2 Å². The summed E-state index contributed by atoms with van der Waals surface area (Å²) in [6.45, 7) is 0. The van der Waals surface area contributed by atoms with Crippen LogP contribution in [0.15, 0.2) is 90.5 Å². The van der Waals surface area contributed by atoms with Crippen LogP contribution in [0.2, 0.25) is 0 Å². The third-order valence-electron chi connectivity index (χ3n) is 4.87. The van der Waals surface area contributed by atoms with E-state index in [1.807, 2.05) is 54.6 Å². The maximum atomic E-state index is 13.0. The summed E-state index contributed by atoms with van der Waals surface area (Å²) in [7, 11) is 0. The van der Waals surface area contributed by atoms with Crippen molar-refractivity contribution in [3.8, 4) is 5.75 Å². The standard InChI is InChI=1S/C24H14O3/c25-23-17-11-4-5-12-18(17)24(26)22(23)19-14-21(15-8-2-1-3-9-15)27-20-13-7-6-10-16(19)20/h1-14H. The molecule has 3 nitrogen and oxygen atoms in total. The molecule has 27 heavy (non-hydrogen) atoms. The maximum absolute atomic E-state index is 13.0. The van der Waals surface area contributed by atoms with Gasteiger partial charge in [-0.15, -0.1) is 0 Å². The molecule has 0 unspecified atom stereocenters. The zero-order valence-electron chi connectivity index (χ0n) is 14.3. The Morgan fingerprint density at radius 3 is 1.81 bits per heavy atom. The normalized spacial score (nSPS) is 15.2. The van der Waals surface area contributed by atoms with Crippen LogP contribution in [0.4, 0.5) is 0 Å². The van der Waals surface area contributed by atoms with Crippen LogP contribution in [-0.4, -0.2) is 11.6 Å². The van der Waals surface area contributed by atoms with Crippen molar-refractivity contribution in [1.82, 2.24) is 0 Å². The van der Waals surface area contributed by atoms with Crippen LogP contribution in [0.25, 0.3) is 11.3 Å². The van der Waals surface area contributed by atoms with Crippen molar-refractivity contribution in [3.05, 3.63) is 113 Å². The molecule has 5 rings (SSSR count). The molecule has 0 saturated heterocycles. The van der Waals surface area contributed by atoms with Crippen LogP contribution in [0, 0.1) is 0 Å². The minimum Gasteiger partial charge on any atom is -0.456 e. The van der Waals surface area contributed by atoms with Crippen LogP contribution in [0.1, 0.15) is 31.8 Å². The summed E-state index contributed by atoms with van der Waals surface area (Å²) in [5, 5.41) is 0. The Kier molecular flexibility index (Phi) is 3.41. The van der Waals surface area contributed by atoms with Gasteiger partial charge in [0.25, 0.3) is 0 Å². The second-order valence-electron chi connectivity index (χ2n) is 6.47. The quantitative estimate of drug-likeness (QED) is 0.460. The topological polar surface area (TPSA) is 43.4 Å². The molecule has 0 saturated carbocycles. The highest BCUT2D eigenvalue weighted by atomic mass is 16.5. The summed E-state index contributed by atoms with van der Waals surface area (Å²) in [6, 6.07) is 24.1. The van der Waals surface area contributed by atoms with Gasteiger partial charge in [-0.1, -0.05) is 72.8 Å². The number of benzene rings is 3. The Balaban J connectivity index is 1.78. The highest BCUT2D eigenvalue weighted by Gasteiger charge is 2.36. The number of fused-ring (bicyclic) bond motifs is 2. The van der Waals surface area contributed by atoms with Gasteiger partial charge in [0.1, 0.15) is 11.5 Å². The average molecular weight is 350 g/mol. The molecule has 0 bridgehead atoms. The first-order valence-electron chi connectivity index (χ1n) is 8.71. The average Bonchev–Trinajstić information content (AvgIpc) is 2.98. The molecule has 128 valence electrons. The Labute approximate surface area is 156 Å². The minimum atomic E-state index is -0.231.